The molecule has 0 aliphatic rings. The van der Waals surface area contributed by atoms with Crippen molar-refractivity contribution in [3.63, 3.8) is 0 Å². The van der Waals surface area contributed by atoms with Crippen LogP contribution < -0.4 is 0 Å². The number of aromatic nitrogens is 1. The molecule has 0 aliphatic carbocycles. The first-order chi connectivity index (χ1) is 12.7. The van der Waals surface area contributed by atoms with Crippen LogP contribution in [0.2, 0.25) is 0 Å². The molecule has 0 radical (unpaired) electrons. The Kier molecular flexibility index (Phi) is 6.45. The van der Waals surface area contributed by atoms with Crippen molar-refractivity contribution in [1.82, 2.24) is 4.98 Å². The lowest BCUT2D eigenvalue weighted by Gasteiger charge is -2.18. The number of hydrogen-bond donors (Lipinski definition) is 0. The molecule has 2 aromatic carbocycles. The van der Waals surface area contributed by atoms with Crippen LogP contribution in [0.25, 0.3) is 0 Å². The van der Waals surface area contributed by atoms with E-state index in [1.54, 1.807) is 18.0 Å². The van der Waals surface area contributed by atoms with Gasteiger partial charge in [0.05, 0.1) is 11.4 Å². The molecule has 1 atom stereocenters. The number of aryl methyl sites for hydroxylation is 1. The second kappa shape index (κ2) is 9.20. The Balaban J connectivity index is 1.61. The van der Waals surface area contributed by atoms with Gasteiger partial charge in [0.2, 0.25) is 0 Å². The van der Waals surface area contributed by atoms with E-state index in [2.05, 4.69) is 36.2 Å². The number of ether oxygens (including phenoxy) is 1. The number of nitrogens with zero attached hydrogens (tertiary/aromatic N) is 1. The van der Waals surface area contributed by atoms with Crippen LogP contribution in [0.4, 0.5) is 0 Å². The fourth-order valence-electron chi connectivity index (χ4n) is 2.56. The molecule has 0 aliphatic heterocycles. The normalized spacial score (nSPS) is 11.7. The Labute approximate surface area is 158 Å². The molecule has 1 unspecified atom stereocenters. The van der Waals surface area contributed by atoms with Crippen LogP contribution >= 0.6 is 11.8 Å². The van der Waals surface area contributed by atoms with Crippen LogP contribution in [0.3, 0.4) is 0 Å². The minimum absolute atomic E-state index is 0.235. The molecule has 4 heteroatoms. The molecule has 0 amide bonds. The number of hydrogen-bond acceptors (Lipinski definition) is 4. The Hall–Kier alpha value is -2.59. The van der Waals surface area contributed by atoms with Gasteiger partial charge in [-0.05, 0) is 30.2 Å². The highest BCUT2D eigenvalue weighted by molar-refractivity contribution is 7.99. The van der Waals surface area contributed by atoms with Gasteiger partial charge in [-0.25, -0.2) is 0 Å². The van der Waals surface area contributed by atoms with Crippen LogP contribution in [0.1, 0.15) is 28.5 Å². The monoisotopic (exact) mass is 363 g/mol. The van der Waals surface area contributed by atoms with Gasteiger partial charge < -0.3 is 4.74 Å². The van der Waals surface area contributed by atoms with Crippen molar-refractivity contribution >= 4 is 17.7 Å². The Bertz CT molecular complexity index is 780. The number of thioether (sulfide) groups is 1. The van der Waals surface area contributed by atoms with Crippen LogP contribution in [0.5, 0.6) is 0 Å². The van der Waals surface area contributed by atoms with Gasteiger partial charge in [0.25, 0.3) is 0 Å². The van der Waals surface area contributed by atoms with E-state index in [1.807, 2.05) is 48.5 Å². The summed E-state index contributed by atoms with van der Waals surface area (Å²) in [6.45, 7) is 2.07. The van der Waals surface area contributed by atoms with Crippen molar-refractivity contribution in [3.8, 4) is 0 Å². The van der Waals surface area contributed by atoms with E-state index in [9.17, 15) is 4.79 Å². The van der Waals surface area contributed by atoms with Crippen molar-refractivity contribution in [3.05, 3.63) is 101 Å². The lowest BCUT2D eigenvalue weighted by atomic mass is 10.1. The fraction of sp³-hybridized carbons (Fsp3) is 0.182. The molecule has 1 aromatic heterocycles. The van der Waals surface area contributed by atoms with Crippen molar-refractivity contribution in [2.75, 3.05) is 5.75 Å². The zero-order valence-electron chi connectivity index (χ0n) is 14.7. The molecule has 0 saturated carbocycles. The summed E-state index contributed by atoms with van der Waals surface area (Å²) in [5, 5.41) is 0. The van der Waals surface area contributed by atoms with E-state index in [-0.39, 0.29) is 5.97 Å². The molecule has 1 heterocycles. The zero-order chi connectivity index (χ0) is 18.2. The Morgan fingerprint density at radius 3 is 2.42 bits per heavy atom. The van der Waals surface area contributed by atoms with Gasteiger partial charge in [-0.2, -0.15) is 0 Å². The topological polar surface area (TPSA) is 39.2 Å². The molecule has 3 aromatic rings. The summed E-state index contributed by atoms with van der Waals surface area (Å²) in [7, 11) is 0. The molecule has 26 heavy (non-hydrogen) atoms. The first-order valence-corrected chi connectivity index (χ1v) is 9.66. The van der Waals surface area contributed by atoms with Crippen molar-refractivity contribution < 1.29 is 9.53 Å². The van der Waals surface area contributed by atoms with Gasteiger partial charge in [-0.1, -0.05) is 66.2 Å². The Morgan fingerprint density at radius 1 is 1.00 bits per heavy atom. The maximum atomic E-state index is 12.4. The first-order valence-electron chi connectivity index (χ1n) is 8.51. The SMILES string of the molecule is Cc1ccc(CSCC(=O)OC(c2ccccc2)c2ccccn2)cc1. The predicted molar refractivity (Wildman–Crippen MR) is 106 cm³/mol. The highest BCUT2D eigenvalue weighted by atomic mass is 32.2. The number of carbonyl (C=O) groups is 1. The van der Waals surface area contributed by atoms with E-state index in [0.29, 0.717) is 5.75 Å². The van der Waals surface area contributed by atoms with Crippen molar-refractivity contribution in [2.45, 2.75) is 18.8 Å². The lowest BCUT2D eigenvalue weighted by Crippen LogP contribution is -2.15. The molecule has 0 saturated heterocycles. The van der Waals surface area contributed by atoms with Crippen LogP contribution in [-0.2, 0) is 15.3 Å². The van der Waals surface area contributed by atoms with Crippen molar-refractivity contribution in [1.29, 1.82) is 0 Å². The van der Waals surface area contributed by atoms with Crippen LogP contribution in [0, 0.1) is 6.92 Å². The average Bonchev–Trinajstić information content (AvgIpc) is 2.69. The molecule has 0 fully saturated rings. The molecular weight excluding hydrogens is 342 g/mol. The van der Waals surface area contributed by atoms with Gasteiger partial charge in [-0.15, -0.1) is 11.8 Å². The third-order valence-corrected chi connectivity index (χ3v) is 4.89. The van der Waals surface area contributed by atoms with Gasteiger partial charge in [0.1, 0.15) is 0 Å². The summed E-state index contributed by atoms with van der Waals surface area (Å²) >= 11 is 1.56. The van der Waals surface area contributed by atoms with Gasteiger partial charge >= 0.3 is 5.97 Å². The second-order valence-corrected chi connectivity index (χ2v) is 7.00. The zero-order valence-corrected chi connectivity index (χ0v) is 15.5. The summed E-state index contributed by atoms with van der Waals surface area (Å²) in [6, 6.07) is 23.7. The molecule has 132 valence electrons. The summed E-state index contributed by atoms with van der Waals surface area (Å²) in [5.74, 6) is 0.862. The van der Waals surface area contributed by atoms with Crippen LogP contribution in [0.15, 0.2) is 79.0 Å². The van der Waals surface area contributed by atoms with Gasteiger partial charge in [0.15, 0.2) is 6.10 Å². The minimum Gasteiger partial charge on any atom is -0.450 e. The van der Waals surface area contributed by atoms with Gasteiger partial charge in [-0.3, -0.25) is 9.78 Å². The number of pyridine rings is 1. The maximum absolute atomic E-state index is 12.4. The number of benzene rings is 2. The average molecular weight is 363 g/mol. The summed E-state index contributed by atoms with van der Waals surface area (Å²) in [6.07, 6.45) is 1.23. The van der Waals surface area contributed by atoms with E-state index in [0.717, 1.165) is 17.0 Å². The number of esters is 1. The maximum Gasteiger partial charge on any atom is 0.316 e. The first kappa shape index (κ1) is 18.2. The highest BCUT2D eigenvalue weighted by Crippen LogP contribution is 2.25. The fourth-order valence-corrected chi connectivity index (χ4v) is 3.32. The number of rotatable bonds is 7. The summed E-state index contributed by atoms with van der Waals surface area (Å²) in [5.41, 5.74) is 4.09. The molecular formula is C22H21NO2S. The quantitative estimate of drug-likeness (QED) is 0.557. The third-order valence-electron chi connectivity index (χ3n) is 3.92. The summed E-state index contributed by atoms with van der Waals surface area (Å²) < 4.78 is 5.76. The largest absolute Gasteiger partial charge is 0.450 e. The smallest absolute Gasteiger partial charge is 0.316 e. The number of carbonyl (C=O) groups excluding carboxylic acids is 1. The molecule has 0 spiro atoms. The molecule has 0 N–H and O–H groups in total. The standard InChI is InChI=1S/C22H21NO2S/c1-17-10-12-18(13-11-17)15-26-16-21(24)25-22(19-7-3-2-4-8-19)20-9-5-6-14-23-20/h2-14,22H,15-16H2,1H3. The second-order valence-electron chi connectivity index (χ2n) is 6.01. The van der Waals surface area contributed by atoms with E-state index >= 15 is 0 Å². The summed E-state index contributed by atoms with van der Waals surface area (Å²) in [4.78, 5) is 16.7. The Morgan fingerprint density at radius 2 is 1.73 bits per heavy atom. The molecule has 3 rings (SSSR count). The lowest BCUT2D eigenvalue weighted by molar-refractivity contribution is -0.144. The van der Waals surface area contributed by atoms with E-state index in [4.69, 9.17) is 4.74 Å². The van der Waals surface area contributed by atoms with E-state index < -0.39 is 6.10 Å². The van der Waals surface area contributed by atoms with Crippen LogP contribution in [-0.4, -0.2) is 16.7 Å². The minimum atomic E-state index is -0.482. The van der Waals surface area contributed by atoms with Crippen molar-refractivity contribution in [2.24, 2.45) is 0 Å². The highest BCUT2D eigenvalue weighted by Gasteiger charge is 2.19. The predicted octanol–water partition coefficient (Wildman–Crippen LogP) is 4.96. The molecule has 3 nitrogen and oxygen atoms in total. The van der Waals surface area contributed by atoms with Gasteiger partial charge in [0, 0.05) is 11.9 Å². The van der Waals surface area contributed by atoms with E-state index in [1.165, 1.54) is 11.1 Å². The third kappa shape index (κ3) is 5.20. The molecule has 0 bridgehead atoms.